The molecule has 5 aliphatic rings. The van der Waals surface area contributed by atoms with Crippen molar-refractivity contribution in [3.05, 3.63) is 94.9 Å². The standard InChI is InChI=1S/C47H53N9O5S2/c1-29-12-14-32(15-13-29)63(58,59)61-20-19-60-47-25-44(4)22-45(5,26-47)24-46(23-44,27-47)28-56-31(3)35(21-49-56)34-16-17-38(51-39(34)40(48)57)55-18-8-9-33-30(2)41(53-54-42(33)55)52-43-50-36-10-6-7-11-37(36)62-43/h6-7,10-17,21H,8-9,18-20,22-28H2,1-5H3,(H2,48,57)(H,50,52,53). The van der Waals surface area contributed by atoms with Crippen molar-refractivity contribution >= 4 is 60.2 Å². The predicted molar refractivity (Wildman–Crippen MR) is 243 cm³/mol. The van der Waals surface area contributed by atoms with Crippen LogP contribution in [0, 0.1) is 37.0 Å². The third-order valence-corrected chi connectivity index (χ3v) is 16.1. The third-order valence-electron chi connectivity index (χ3n) is 13.9. The number of ether oxygens (including phenoxy) is 1. The quantitative estimate of drug-likeness (QED) is 0.0833. The average Bonchev–Trinajstić information content (AvgIpc) is 3.80. The second kappa shape index (κ2) is 15.2. The topological polar surface area (TPSA) is 180 Å². The molecule has 1 aliphatic heterocycles. The van der Waals surface area contributed by atoms with Crippen LogP contribution in [0.4, 0.5) is 22.6 Å². The SMILES string of the molecule is Cc1ccc(S(=O)(=O)OCCOC23CC4(C)CC(C)(CC(Cn5ncc(-c6ccc(N7CCCc8c7nnc(Nc7nc9ccccc9s7)c8C)nc6C(N)=O)c5C)(C4)C2)C3)cc1. The summed E-state index contributed by atoms with van der Waals surface area (Å²) in [6.45, 7) is 12.3. The first kappa shape index (κ1) is 41.7. The molecule has 2 atom stereocenters. The number of nitrogens with zero attached hydrogens (tertiary/aromatic N) is 7. The molecule has 4 aliphatic carbocycles. The Morgan fingerprint density at radius 3 is 2.40 bits per heavy atom. The minimum Gasteiger partial charge on any atom is -0.372 e. The van der Waals surface area contributed by atoms with Gasteiger partial charge in [0, 0.05) is 41.0 Å². The highest BCUT2D eigenvalue weighted by Crippen LogP contribution is 2.72. The third kappa shape index (κ3) is 7.68. The lowest BCUT2D eigenvalue weighted by Gasteiger charge is -2.69. The first-order chi connectivity index (χ1) is 30.0. The molecule has 6 aromatic rings. The van der Waals surface area contributed by atoms with Crippen LogP contribution in [0.25, 0.3) is 21.3 Å². The summed E-state index contributed by atoms with van der Waals surface area (Å²) in [6.07, 6.45) is 9.48. The lowest BCUT2D eigenvalue weighted by molar-refractivity contribution is -0.249. The number of rotatable bonds is 13. The second-order valence-electron chi connectivity index (χ2n) is 19.4. The molecule has 0 radical (unpaired) electrons. The maximum Gasteiger partial charge on any atom is 0.297 e. The van der Waals surface area contributed by atoms with E-state index >= 15 is 0 Å². The summed E-state index contributed by atoms with van der Waals surface area (Å²) in [7, 11) is -3.89. The van der Waals surface area contributed by atoms with Gasteiger partial charge in [-0.3, -0.25) is 13.7 Å². The number of nitrogens with one attached hydrogen (secondary N) is 1. The van der Waals surface area contributed by atoms with Crippen LogP contribution >= 0.6 is 11.3 Å². The summed E-state index contributed by atoms with van der Waals surface area (Å²) in [6, 6.07) is 18.6. The van der Waals surface area contributed by atoms with Crippen molar-refractivity contribution in [3.63, 3.8) is 0 Å². The number of carbonyl (C=O) groups is 1. The molecule has 0 spiro atoms. The van der Waals surface area contributed by atoms with E-state index in [0.717, 1.165) is 94.7 Å². The molecular weight excluding hydrogens is 835 g/mol. The number of hydrogen-bond acceptors (Lipinski definition) is 13. The van der Waals surface area contributed by atoms with Crippen molar-refractivity contribution < 1.29 is 22.1 Å². The molecule has 3 N–H and O–H groups in total. The number of aromatic nitrogens is 6. The molecule has 14 nitrogen and oxygen atoms in total. The van der Waals surface area contributed by atoms with Crippen LogP contribution in [0.5, 0.6) is 0 Å². The van der Waals surface area contributed by atoms with Gasteiger partial charge in [0.25, 0.3) is 16.0 Å². The zero-order chi connectivity index (χ0) is 43.9. The predicted octanol–water partition coefficient (Wildman–Crippen LogP) is 8.74. The van der Waals surface area contributed by atoms with Crippen LogP contribution in [0.1, 0.15) is 91.7 Å². The summed E-state index contributed by atoms with van der Waals surface area (Å²) >= 11 is 1.57. The Kier molecular flexibility index (Phi) is 10.0. The maximum absolute atomic E-state index is 13.2. The minimum atomic E-state index is -3.89. The molecule has 5 heterocycles. The Hall–Kier alpha value is -5.29. The molecule has 2 aromatic carbocycles. The lowest BCUT2D eigenvalue weighted by atomic mass is 9.39. The van der Waals surface area contributed by atoms with Gasteiger partial charge in [0.15, 0.2) is 16.8 Å². The molecule has 4 bridgehead atoms. The maximum atomic E-state index is 13.2. The number of hydrogen-bond donors (Lipinski definition) is 2. The highest BCUT2D eigenvalue weighted by atomic mass is 32.2. The average molecular weight is 888 g/mol. The number of carbonyl (C=O) groups excluding carboxylic acids is 1. The van der Waals surface area contributed by atoms with Crippen LogP contribution in [-0.2, 0) is 32.0 Å². The lowest BCUT2D eigenvalue weighted by Crippen LogP contribution is -2.64. The zero-order valence-corrected chi connectivity index (χ0v) is 38.0. The first-order valence-corrected chi connectivity index (χ1v) is 24.0. The fraction of sp³-hybridized carbons (Fsp3) is 0.447. The summed E-state index contributed by atoms with van der Waals surface area (Å²) in [5.74, 6) is 1.34. The largest absolute Gasteiger partial charge is 0.372 e. The fourth-order valence-corrected chi connectivity index (χ4v) is 14.2. The van der Waals surface area contributed by atoms with E-state index in [0.29, 0.717) is 36.1 Å². The molecule has 11 rings (SSSR count). The smallest absolute Gasteiger partial charge is 0.297 e. The molecule has 63 heavy (non-hydrogen) atoms. The van der Waals surface area contributed by atoms with E-state index in [1.54, 1.807) is 35.6 Å². The van der Waals surface area contributed by atoms with Crippen LogP contribution < -0.4 is 16.0 Å². The van der Waals surface area contributed by atoms with E-state index in [-0.39, 0.29) is 45.6 Å². The Balaban J connectivity index is 0.874. The molecule has 4 saturated carbocycles. The zero-order valence-electron chi connectivity index (χ0n) is 36.4. The van der Waals surface area contributed by atoms with Crippen LogP contribution in [0.3, 0.4) is 0 Å². The highest BCUT2D eigenvalue weighted by molar-refractivity contribution is 7.86. The van der Waals surface area contributed by atoms with Gasteiger partial charge in [-0.05, 0) is 125 Å². The van der Waals surface area contributed by atoms with Crippen molar-refractivity contribution in [2.75, 3.05) is 30.0 Å². The Morgan fingerprint density at radius 2 is 1.65 bits per heavy atom. The second-order valence-corrected chi connectivity index (χ2v) is 22.0. The van der Waals surface area contributed by atoms with Gasteiger partial charge in [-0.1, -0.05) is 55.0 Å². The molecule has 4 fully saturated rings. The number of anilines is 4. The van der Waals surface area contributed by atoms with Gasteiger partial charge < -0.3 is 20.7 Å². The van der Waals surface area contributed by atoms with Gasteiger partial charge in [0.2, 0.25) is 0 Å². The normalized spacial score (nSPS) is 25.1. The van der Waals surface area contributed by atoms with Crippen molar-refractivity contribution in [1.82, 2.24) is 29.9 Å². The van der Waals surface area contributed by atoms with Gasteiger partial charge in [0.05, 0.1) is 40.1 Å². The van der Waals surface area contributed by atoms with Gasteiger partial charge in [-0.2, -0.15) is 13.5 Å². The van der Waals surface area contributed by atoms with Crippen LogP contribution in [0.15, 0.2) is 71.8 Å². The first-order valence-electron chi connectivity index (χ1n) is 21.7. The molecule has 16 heteroatoms. The van der Waals surface area contributed by atoms with Gasteiger partial charge in [-0.25, -0.2) is 9.97 Å². The summed E-state index contributed by atoms with van der Waals surface area (Å²) in [5, 5.41) is 18.4. The number of pyridine rings is 1. The van der Waals surface area contributed by atoms with E-state index in [4.69, 9.17) is 29.7 Å². The number of fused-ring (bicyclic) bond motifs is 2. The summed E-state index contributed by atoms with van der Waals surface area (Å²) in [5.41, 5.74) is 12.3. The summed E-state index contributed by atoms with van der Waals surface area (Å²) in [4.78, 5) is 25.0. The Morgan fingerprint density at radius 1 is 0.889 bits per heavy atom. The number of para-hydroxylation sites is 1. The Labute approximate surface area is 371 Å². The number of primary amides is 1. The number of nitrogens with two attached hydrogens (primary N) is 1. The van der Waals surface area contributed by atoms with Crippen LogP contribution in [0.2, 0.25) is 0 Å². The Bertz CT molecular complexity index is 2840. The van der Waals surface area contributed by atoms with E-state index < -0.39 is 16.0 Å². The van der Waals surface area contributed by atoms with Crippen molar-refractivity contribution in [3.8, 4) is 11.1 Å². The summed E-state index contributed by atoms with van der Waals surface area (Å²) < 4.78 is 41.2. The minimum absolute atomic E-state index is 0.0451. The van der Waals surface area contributed by atoms with Crippen molar-refractivity contribution in [2.45, 2.75) is 103 Å². The number of amides is 1. The van der Waals surface area contributed by atoms with E-state index in [9.17, 15) is 13.2 Å². The molecule has 0 saturated heterocycles. The molecule has 4 aromatic heterocycles. The van der Waals surface area contributed by atoms with Gasteiger partial charge in [0.1, 0.15) is 11.5 Å². The number of benzene rings is 2. The van der Waals surface area contributed by atoms with E-state index in [1.807, 2.05) is 62.2 Å². The van der Waals surface area contributed by atoms with Crippen molar-refractivity contribution in [2.24, 2.45) is 22.0 Å². The highest BCUT2D eigenvalue weighted by Gasteiger charge is 2.66. The monoisotopic (exact) mass is 887 g/mol. The molecular formula is C47H53N9O5S2. The van der Waals surface area contributed by atoms with Crippen molar-refractivity contribution in [1.29, 1.82) is 0 Å². The van der Waals surface area contributed by atoms with Gasteiger partial charge in [-0.15, -0.1) is 10.2 Å². The van der Waals surface area contributed by atoms with Crippen LogP contribution in [-0.4, -0.2) is 69.6 Å². The number of thiazole rings is 1. The number of aryl methyl sites for hydroxylation is 1. The molecule has 328 valence electrons. The fourth-order valence-electron chi connectivity index (χ4n) is 12.5. The van der Waals surface area contributed by atoms with Gasteiger partial charge >= 0.3 is 0 Å². The van der Waals surface area contributed by atoms with E-state index in [2.05, 4.69) is 40.1 Å². The molecule has 2 unspecified atom stereocenters. The molecule has 1 amide bonds. The van der Waals surface area contributed by atoms with E-state index in [1.165, 1.54) is 0 Å².